The molecule has 0 aliphatic carbocycles. The number of methoxy groups -OCH3 is 1. The fourth-order valence-electron chi connectivity index (χ4n) is 2.56. The minimum atomic E-state index is -0.581. The third-order valence-electron chi connectivity index (χ3n) is 4.08. The highest BCUT2D eigenvalue weighted by Gasteiger charge is 2.16. The lowest BCUT2D eigenvalue weighted by Crippen LogP contribution is -2.30. The zero-order valence-electron chi connectivity index (χ0n) is 15.7. The summed E-state index contributed by atoms with van der Waals surface area (Å²) < 4.78 is 19.2. The van der Waals surface area contributed by atoms with Gasteiger partial charge in [-0.15, -0.1) is 0 Å². The Labute approximate surface area is 167 Å². The largest absolute Gasteiger partial charge is 0.497 e. The maximum absolute atomic E-state index is 14.1. The molecule has 146 valence electrons. The molecule has 5 nitrogen and oxygen atoms in total. The van der Waals surface area contributed by atoms with Gasteiger partial charge >= 0.3 is 0 Å². The molecule has 3 aromatic carbocycles. The standard InChI is InChI=1S/C23H19FN2O3/c1-29-19-13-11-18(12-14-19)25-23(28)21(15-17-9-5-6-10-20(17)24)26-22(27)16-7-3-2-4-8-16/h2-15H,1H3,(H,25,28)(H,26,27)/b21-15+. The van der Waals surface area contributed by atoms with Gasteiger partial charge in [-0.2, -0.15) is 0 Å². The second-order valence-electron chi connectivity index (χ2n) is 6.08. The molecule has 3 aromatic rings. The lowest BCUT2D eigenvalue weighted by Gasteiger charge is -2.12. The molecule has 0 saturated heterocycles. The Morgan fingerprint density at radius 3 is 2.21 bits per heavy atom. The first-order chi connectivity index (χ1) is 14.1. The van der Waals surface area contributed by atoms with Crippen molar-refractivity contribution in [2.24, 2.45) is 0 Å². The van der Waals surface area contributed by atoms with Crippen molar-refractivity contribution >= 4 is 23.6 Å². The van der Waals surface area contributed by atoms with Crippen molar-refractivity contribution in [1.82, 2.24) is 5.32 Å². The Kier molecular flexibility index (Phi) is 6.37. The third kappa shape index (κ3) is 5.29. The number of hydrogen-bond acceptors (Lipinski definition) is 3. The van der Waals surface area contributed by atoms with E-state index in [0.29, 0.717) is 17.0 Å². The monoisotopic (exact) mass is 390 g/mol. The minimum Gasteiger partial charge on any atom is -0.497 e. The predicted octanol–water partition coefficient (Wildman–Crippen LogP) is 4.24. The van der Waals surface area contributed by atoms with E-state index in [1.54, 1.807) is 73.8 Å². The molecule has 3 rings (SSSR count). The maximum atomic E-state index is 14.1. The van der Waals surface area contributed by atoms with Gasteiger partial charge in [-0.1, -0.05) is 36.4 Å². The number of hydrogen-bond donors (Lipinski definition) is 2. The number of carbonyl (C=O) groups excluding carboxylic acids is 2. The van der Waals surface area contributed by atoms with E-state index >= 15 is 0 Å². The first kappa shape index (κ1) is 19.8. The summed E-state index contributed by atoms with van der Waals surface area (Å²) in [5.41, 5.74) is 0.980. The SMILES string of the molecule is COc1ccc(NC(=O)/C(=C\c2ccccc2F)NC(=O)c2ccccc2)cc1. The van der Waals surface area contributed by atoms with Crippen LogP contribution in [-0.4, -0.2) is 18.9 Å². The quantitative estimate of drug-likeness (QED) is 0.619. The highest BCUT2D eigenvalue weighted by molar-refractivity contribution is 6.10. The third-order valence-corrected chi connectivity index (χ3v) is 4.08. The molecule has 6 heteroatoms. The number of halogens is 1. The Hall–Kier alpha value is -3.93. The van der Waals surface area contributed by atoms with Crippen LogP contribution in [0.4, 0.5) is 10.1 Å². The topological polar surface area (TPSA) is 67.4 Å². The summed E-state index contributed by atoms with van der Waals surface area (Å²) in [6, 6.07) is 21.2. The summed E-state index contributed by atoms with van der Waals surface area (Å²) in [5.74, 6) is -0.917. The van der Waals surface area contributed by atoms with Crippen LogP contribution in [0.15, 0.2) is 84.6 Å². The molecular weight excluding hydrogens is 371 g/mol. The molecule has 0 bridgehead atoms. The van der Waals surface area contributed by atoms with E-state index in [4.69, 9.17) is 4.74 Å². The number of ether oxygens (including phenoxy) is 1. The van der Waals surface area contributed by atoms with E-state index in [1.807, 2.05) is 0 Å². The highest BCUT2D eigenvalue weighted by Crippen LogP contribution is 2.17. The van der Waals surface area contributed by atoms with Crippen molar-refractivity contribution in [2.75, 3.05) is 12.4 Å². The number of benzene rings is 3. The lowest BCUT2D eigenvalue weighted by molar-refractivity contribution is -0.113. The van der Waals surface area contributed by atoms with E-state index in [9.17, 15) is 14.0 Å². The van der Waals surface area contributed by atoms with Crippen LogP contribution in [0.2, 0.25) is 0 Å². The van der Waals surface area contributed by atoms with Gasteiger partial charge in [-0.25, -0.2) is 4.39 Å². The normalized spacial score (nSPS) is 10.9. The highest BCUT2D eigenvalue weighted by atomic mass is 19.1. The summed E-state index contributed by atoms with van der Waals surface area (Å²) in [6.07, 6.45) is 1.30. The average Bonchev–Trinajstić information content (AvgIpc) is 2.75. The maximum Gasteiger partial charge on any atom is 0.272 e. The molecule has 0 radical (unpaired) electrons. The molecule has 0 saturated carbocycles. The zero-order chi connectivity index (χ0) is 20.6. The molecule has 0 fully saturated rings. The molecular formula is C23H19FN2O3. The molecule has 0 heterocycles. The first-order valence-corrected chi connectivity index (χ1v) is 8.85. The average molecular weight is 390 g/mol. The van der Waals surface area contributed by atoms with Crippen LogP contribution in [0.5, 0.6) is 5.75 Å². The van der Waals surface area contributed by atoms with Crippen LogP contribution in [-0.2, 0) is 4.79 Å². The fraction of sp³-hybridized carbons (Fsp3) is 0.0435. The fourth-order valence-corrected chi connectivity index (χ4v) is 2.56. The van der Waals surface area contributed by atoms with Crippen LogP contribution < -0.4 is 15.4 Å². The van der Waals surface area contributed by atoms with Crippen LogP contribution >= 0.6 is 0 Å². The zero-order valence-corrected chi connectivity index (χ0v) is 15.7. The summed E-state index contributed by atoms with van der Waals surface area (Å²) >= 11 is 0. The van der Waals surface area contributed by atoms with Crippen LogP contribution in [0.1, 0.15) is 15.9 Å². The van der Waals surface area contributed by atoms with Gasteiger partial charge in [0.15, 0.2) is 0 Å². The van der Waals surface area contributed by atoms with Crippen LogP contribution in [0.25, 0.3) is 6.08 Å². The molecule has 0 unspecified atom stereocenters. The first-order valence-electron chi connectivity index (χ1n) is 8.85. The van der Waals surface area contributed by atoms with Gasteiger partial charge < -0.3 is 15.4 Å². The number of rotatable bonds is 6. The molecule has 0 atom stereocenters. The molecule has 2 amide bonds. The van der Waals surface area contributed by atoms with Crippen molar-refractivity contribution < 1.29 is 18.7 Å². The Bertz CT molecular complexity index is 1030. The predicted molar refractivity (Wildman–Crippen MR) is 110 cm³/mol. The smallest absolute Gasteiger partial charge is 0.272 e. The van der Waals surface area contributed by atoms with E-state index in [0.717, 1.165) is 0 Å². The van der Waals surface area contributed by atoms with Gasteiger partial charge in [0.2, 0.25) is 0 Å². The summed E-state index contributed by atoms with van der Waals surface area (Å²) in [4.78, 5) is 25.3. The molecule has 2 N–H and O–H groups in total. The number of anilines is 1. The van der Waals surface area contributed by atoms with Gasteiger partial charge in [0.05, 0.1) is 7.11 Å². The number of carbonyl (C=O) groups is 2. The molecule has 0 aliphatic heterocycles. The van der Waals surface area contributed by atoms with Crippen LogP contribution in [0, 0.1) is 5.82 Å². The Balaban J connectivity index is 1.88. The van der Waals surface area contributed by atoms with Gasteiger partial charge in [-0.05, 0) is 48.5 Å². The second kappa shape index (κ2) is 9.32. The van der Waals surface area contributed by atoms with Gasteiger partial charge in [0.1, 0.15) is 17.3 Å². The number of amides is 2. The number of nitrogens with one attached hydrogen (secondary N) is 2. The molecule has 0 aromatic heterocycles. The minimum absolute atomic E-state index is 0.0835. The van der Waals surface area contributed by atoms with Crippen molar-refractivity contribution in [3.8, 4) is 5.75 Å². The Morgan fingerprint density at radius 2 is 1.55 bits per heavy atom. The van der Waals surface area contributed by atoms with Gasteiger partial charge in [0.25, 0.3) is 11.8 Å². The van der Waals surface area contributed by atoms with Crippen molar-refractivity contribution in [3.63, 3.8) is 0 Å². The lowest BCUT2D eigenvalue weighted by atomic mass is 10.1. The van der Waals surface area contributed by atoms with E-state index in [-0.39, 0.29) is 11.3 Å². The van der Waals surface area contributed by atoms with Crippen molar-refractivity contribution in [1.29, 1.82) is 0 Å². The van der Waals surface area contributed by atoms with Crippen molar-refractivity contribution in [3.05, 3.63) is 102 Å². The van der Waals surface area contributed by atoms with E-state index < -0.39 is 17.6 Å². The molecule has 0 spiro atoms. The van der Waals surface area contributed by atoms with E-state index in [2.05, 4.69) is 10.6 Å². The summed E-state index contributed by atoms with van der Waals surface area (Å²) in [5, 5.41) is 5.26. The van der Waals surface area contributed by atoms with Gasteiger partial charge in [-0.3, -0.25) is 9.59 Å². The van der Waals surface area contributed by atoms with E-state index in [1.165, 1.54) is 18.2 Å². The van der Waals surface area contributed by atoms with Crippen molar-refractivity contribution in [2.45, 2.75) is 0 Å². The molecule has 0 aliphatic rings. The van der Waals surface area contributed by atoms with Crippen LogP contribution in [0.3, 0.4) is 0 Å². The summed E-state index contributed by atoms with van der Waals surface area (Å²) in [7, 11) is 1.54. The summed E-state index contributed by atoms with van der Waals surface area (Å²) in [6.45, 7) is 0. The Morgan fingerprint density at radius 1 is 0.897 bits per heavy atom. The second-order valence-corrected chi connectivity index (χ2v) is 6.08. The molecule has 29 heavy (non-hydrogen) atoms. The van der Waals surface area contributed by atoms with Gasteiger partial charge in [0, 0.05) is 16.8 Å².